The standard InChI is InChI=1S/C8H11N3O3S3/c1-4(6(13)14-2)16-8-11-10-7(17-8)15-3-5(9)12/h4H,3H2,1-2H3,(H2,9,12)/t4-/m0/s1. The van der Waals surface area contributed by atoms with Crippen LogP contribution in [0.2, 0.25) is 0 Å². The highest BCUT2D eigenvalue weighted by Crippen LogP contribution is 2.31. The van der Waals surface area contributed by atoms with Crippen LogP contribution in [0.3, 0.4) is 0 Å². The maximum Gasteiger partial charge on any atom is 0.318 e. The van der Waals surface area contributed by atoms with Crippen LogP contribution in [0, 0.1) is 0 Å². The number of amides is 1. The highest BCUT2D eigenvalue weighted by Gasteiger charge is 2.17. The second-order valence-electron chi connectivity index (χ2n) is 2.87. The Morgan fingerprint density at radius 1 is 1.47 bits per heavy atom. The Morgan fingerprint density at radius 2 is 2.12 bits per heavy atom. The molecular weight excluding hydrogens is 282 g/mol. The number of aromatic nitrogens is 2. The Hall–Kier alpha value is -0.800. The summed E-state index contributed by atoms with van der Waals surface area (Å²) in [6.45, 7) is 1.73. The van der Waals surface area contributed by atoms with E-state index in [1.807, 2.05) is 0 Å². The molecular formula is C8H11N3O3S3. The topological polar surface area (TPSA) is 95.2 Å². The van der Waals surface area contributed by atoms with E-state index in [-0.39, 0.29) is 17.0 Å². The first kappa shape index (κ1) is 14.3. The highest BCUT2D eigenvalue weighted by atomic mass is 32.2. The summed E-state index contributed by atoms with van der Waals surface area (Å²) in [4.78, 5) is 21.8. The molecule has 0 aliphatic heterocycles. The fourth-order valence-electron chi connectivity index (χ4n) is 0.801. The zero-order valence-corrected chi connectivity index (χ0v) is 11.7. The predicted octanol–water partition coefficient (Wildman–Crippen LogP) is 0.769. The molecule has 0 saturated heterocycles. The minimum Gasteiger partial charge on any atom is -0.468 e. The largest absolute Gasteiger partial charge is 0.468 e. The number of methoxy groups -OCH3 is 1. The summed E-state index contributed by atoms with van der Waals surface area (Å²) in [5.41, 5.74) is 5.02. The molecule has 0 aliphatic carbocycles. The molecule has 0 fully saturated rings. The molecule has 1 rings (SSSR count). The number of esters is 1. The maximum absolute atomic E-state index is 11.2. The molecule has 2 N–H and O–H groups in total. The van der Waals surface area contributed by atoms with Gasteiger partial charge in [0.2, 0.25) is 5.91 Å². The van der Waals surface area contributed by atoms with Crippen molar-refractivity contribution in [2.75, 3.05) is 12.9 Å². The van der Waals surface area contributed by atoms with E-state index in [9.17, 15) is 9.59 Å². The average Bonchev–Trinajstić information content (AvgIpc) is 2.73. The summed E-state index contributed by atoms with van der Waals surface area (Å²) in [6, 6.07) is 0. The lowest BCUT2D eigenvalue weighted by Gasteiger charge is -2.04. The minimum atomic E-state index is -0.401. The summed E-state index contributed by atoms with van der Waals surface area (Å²) in [6.07, 6.45) is 0. The number of hydrogen-bond donors (Lipinski definition) is 1. The van der Waals surface area contributed by atoms with E-state index in [0.717, 1.165) is 0 Å². The molecule has 1 heterocycles. The minimum absolute atomic E-state index is 0.172. The molecule has 9 heteroatoms. The number of carbonyl (C=O) groups excluding carboxylic acids is 2. The third-order valence-corrected chi connectivity index (χ3v) is 4.78. The molecule has 0 radical (unpaired) electrons. The monoisotopic (exact) mass is 293 g/mol. The van der Waals surface area contributed by atoms with Crippen LogP contribution in [0.5, 0.6) is 0 Å². The second-order valence-corrected chi connectivity index (χ2v) is 6.66. The molecule has 0 unspecified atom stereocenters. The summed E-state index contributed by atoms with van der Waals surface area (Å²) >= 11 is 3.82. The van der Waals surface area contributed by atoms with Crippen molar-refractivity contribution >= 4 is 46.7 Å². The van der Waals surface area contributed by atoms with Gasteiger partial charge in [0.1, 0.15) is 5.25 Å². The van der Waals surface area contributed by atoms with Gasteiger partial charge in [-0.15, -0.1) is 10.2 Å². The number of nitrogens with two attached hydrogens (primary N) is 1. The molecule has 1 aromatic heterocycles. The Balaban J connectivity index is 2.50. The highest BCUT2D eigenvalue weighted by molar-refractivity contribution is 8.04. The van der Waals surface area contributed by atoms with Gasteiger partial charge in [0.05, 0.1) is 12.9 Å². The van der Waals surface area contributed by atoms with Crippen LogP contribution < -0.4 is 5.73 Å². The van der Waals surface area contributed by atoms with Gasteiger partial charge in [-0.05, 0) is 6.92 Å². The number of thioether (sulfide) groups is 2. The van der Waals surface area contributed by atoms with Gasteiger partial charge in [-0.2, -0.15) is 0 Å². The van der Waals surface area contributed by atoms with Crippen LogP contribution >= 0.6 is 34.9 Å². The lowest BCUT2D eigenvalue weighted by Crippen LogP contribution is -2.14. The number of hydrogen-bond acceptors (Lipinski definition) is 8. The first-order valence-electron chi connectivity index (χ1n) is 4.52. The summed E-state index contributed by atoms with van der Waals surface area (Å²) in [7, 11) is 1.34. The fraction of sp³-hybridized carbons (Fsp3) is 0.500. The molecule has 1 aromatic rings. The van der Waals surface area contributed by atoms with Crippen molar-refractivity contribution < 1.29 is 14.3 Å². The van der Waals surface area contributed by atoms with E-state index in [2.05, 4.69) is 14.9 Å². The van der Waals surface area contributed by atoms with Crippen molar-refractivity contribution in [3.63, 3.8) is 0 Å². The summed E-state index contributed by atoms with van der Waals surface area (Å²) < 4.78 is 5.92. The molecule has 0 aromatic carbocycles. The smallest absolute Gasteiger partial charge is 0.318 e. The van der Waals surface area contributed by atoms with Crippen molar-refractivity contribution in [1.82, 2.24) is 10.2 Å². The Morgan fingerprint density at radius 3 is 2.71 bits per heavy atom. The SMILES string of the molecule is COC(=O)[C@H](C)Sc1nnc(SCC(N)=O)s1. The van der Waals surface area contributed by atoms with Gasteiger partial charge in [0, 0.05) is 0 Å². The molecule has 0 saturated carbocycles. The van der Waals surface area contributed by atoms with Gasteiger partial charge in [0.25, 0.3) is 0 Å². The molecule has 0 spiro atoms. The van der Waals surface area contributed by atoms with Gasteiger partial charge in [-0.25, -0.2) is 0 Å². The van der Waals surface area contributed by atoms with Crippen LogP contribution in [0.4, 0.5) is 0 Å². The summed E-state index contributed by atoms with van der Waals surface area (Å²) in [5, 5.41) is 7.45. The zero-order valence-electron chi connectivity index (χ0n) is 9.21. The van der Waals surface area contributed by atoms with E-state index in [1.54, 1.807) is 6.92 Å². The van der Waals surface area contributed by atoms with Gasteiger partial charge in [-0.3, -0.25) is 9.59 Å². The van der Waals surface area contributed by atoms with E-state index < -0.39 is 5.91 Å². The van der Waals surface area contributed by atoms with E-state index >= 15 is 0 Å². The van der Waals surface area contributed by atoms with Crippen LogP contribution in [0.1, 0.15) is 6.92 Å². The number of nitrogens with zero attached hydrogens (tertiary/aromatic N) is 2. The lowest BCUT2D eigenvalue weighted by atomic mass is 10.5. The van der Waals surface area contributed by atoms with Gasteiger partial charge in [-0.1, -0.05) is 34.9 Å². The number of primary amides is 1. The molecule has 6 nitrogen and oxygen atoms in total. The van der Waals surface area contributed by atoms with Crippen LogP contribution in [0.25, 0.3) is 0 Å². The second kappa shape index (κ2) is 6.82. The zero-order chi connectivity index (χ0) is 12.8. The van der Waals surface area contributed by atoms with Gasteiger partial charge < -0.3 is 10.5 Å². The van der Waals surface area contributed by atoms with Crippen molar-refractivity contribution in [2.24, 2.45) is 5.73 Å². The Kier molecular flexibility index (Phi) is 5.72. The van der Waals surface area contributed by atoms with Crippen LogP contribution in [0.15, 0.2) is 8.68 Å². The predicted molar refractivity (Wildman–Crippen MR) is 67.2 cm³/mol. The van der Waals surface area contributed by atoms with E-state index in [4.69, 9.17) is 5.73 Å². The molecule has 0 aliphatic rings. The molecule has 94 valence electrons. The summed E-state index contributed by atoms with van der Waals surface area (Å²) in [5.74, 6) is -0.537. The Labute approximate surface area is 111 Å². The number of carbonyl (C=O) groups is 2. The quantitative estimate of drug-likeness (QED) is 0.611. The average molecular weight is 293 g/mol. The first-order valence-corrected chi connectivity index (χ1v) is 7.20. The number of ether oxygens (including phenoxy) is 1. The molecule has 1 amide bonds. The molecule has 1 atom stereocenters. The lowest BCUT2D eigenvalue weighted by molar-refractivity contribution is -0.139. The third-order valence-electron chi connectivity index (χ3n) is 1.54. The van der Waals surface area contributed by atoms with Crippen molar-refractivity contribution in [3.8, 4) is 0 Å². The molecule has 0 bridgehead atoms. The van der Waals surface area contributed by atoms with Crippen LogP contribution in [-0.2, 0) is 14.3 Å². The third kappa shape index (κ3) is 4.92. The Bertz CT molecular complexity index is 410. The van der Waals surface area contributed by atoms with Gasteiger partial charge in [0.15, 0.2) is 8.68 Å². The first-order chi connectivity index (χ1) is 8.02. The van der Waals surface area contributed by atoms with Crippen molar-refractivity contribution in [2.45, 2.75) is 20.9 Å². The fourth-order valence-corrected chi connectivity index (χ4v) is 3.73. The van der Waals surface area contributed by atoms with Gasteiger partial charge >= 0.3 is 5.97 Å². The van der Waals surface area contributed by atoms with Crippen LogP contribution in [-0.4, -0.2) is 40.2 Å². The normalized spacial score (nSPS) is 12.1. The maximum atomic E-state index is 11.2. The molecule has 17 heavy (non-hydrogen) atoms. The van der Waals surface area contributed by atoms with Crippen molar-refractivity contribution in [3.05, 3.63) is 0 Å². The van der Waals surface area contributed by atoms with E-state index in [0.29, 0.717) is 8.68 Å². The van der Waals surface area contributed by atoms with Crippen molar-refractivity contribution in [1.29, 1.82) is 0 Å². The number of rotatable bonds is 6. The van der Waals surface area contributed by atoms with E-state index in [1.165, 1.54) is 42.0 Å².